The summed E-state index contributed by atoms with van der Waals surface area (Å²) in [5.74, 6) is 1.86. The number of hydrogen-bond donors (Lipinski definition) is 0. The third-order valence-electron chi connectivity index (χ3n) is 4.91. The van der Waals surface area contributed by atoms with Crippen LogP contribution in [0.4, 0.5) is 0 Å². The number of hydrogen-bond acceptors (Lipinski definition) is 2. The van der Waals surface area contributed by atoms with Gasteiger partial charge < -0.3 is 0 Å². The Balaban J connectivity index is 2.69. The molecule has 0 saturated heterocycles. The fourth-order valence-electron chi connectivity index (χ4n) is 3.48. The molecule has 0 bridgehead atoms. The van der Waals surface area contributed by atoms with E-state index in [4.69, 9.17) is 0 Å². The first-order valence-corrected chi connectivity index (χ1v) is 8.29. The van der Waals surface area contributed by atoms with Crippen molar-refractivity contribution in [3.63, 3.8) is 0 Å². The van der Waals surface area contributed by atoms with Crippen LogP contribution in [0.25, 0.3) is 0 Å². The fourth-order valence-corrected chi connectivity index (χ4v) is 3.48. The maximum Gasteiger partial charge on any atom is 0.0672 e. The maximum absolute atomic E-state index is 9.44. The van der Waals surface area contributed by atoms with E-state index in [9.17, 15) is 5.26 Å². The van der Waals surface area contributed by atoms with Gasteiger partial charge in [0, 0.05) is 12.6 Å². The Morgan fingerprint density at radius 1 is 1.26 bits per heavy atom. The van der Waals surface area contributed by atoms with E-state index in [1.54, 1.807) is 0 Å². The van der Waals surface area contributed by atoms with Gasteiger partial charge in [0.15, 0.2) is 0 Å². The molecule has 2 heteroatoms. The van der Waals surface area contributed by atoms with Gasteiger partial charge >= 0.3 is 0 Å². The minimum absolute atomic E-state index is 0.261. The molecule has 0 radical (unpaired) electrons. The van der Waals surface area contributed by atoms with Crippen molar-refractivity contribution in [2.24, 2.45) is 17.8 Å². The molecule has 1 aliphatic carbocycles. The lowest BCUT2D eigenvalue weighted by Gasteiger charge is -2.41. The quantitative estimate of drug-likeness (QED) is 0.678. The number of rotatable bonds is 7. The van der Waals surface area contributed by atoms with Gasteiger partial charge in [-0.1, -0.05) is 47.0 Å². The summed E-state index contributed by atoms with van der Waals surface area (Å²) in [6.45, 7) is 11.4. The van der Waals surface area contributed by atoms with Gasteiger partial charge in [-0.05, 0) is 37.6 Å². The average Bonchev–Trinajstić information content (AvgIpc) is 2.44. The van der Waals surface area contributed by atoms with E-state index >= 15 is 0 Å². The van der Waals surface area contributed by atoms with E-state index in [0.717, 1.165) is 31.3 Å². The second-order valence-electron chi connectivity index (χ2n) is 6.37. The molecule has 110 valence electrons. The van der Waals surface area contributed by atoms with Gasteiger partial charge in [0.1, 0.15) is 0 Å². The van der Waals surface area contributed by atoms with Gasteiger partial charge in [0.2, 0.25) is 0 Å². The normalized spacial score (nSPS) is 29.2. The van der Waals surface area contributed by atoms with Crippen LogP contribution in [0.5, 0.6) is 0 Å². The molecule has 1 aliphatic rings. The summed E-state index contributed by atoms with van der Waals surface area (Å²) in [5.41, 5.74) is 0. The van der Waals surface area contributed by atoms with Crippen LogP contribution in [0, 0.1) is 29.1 Å². The largest absolute Gasteiger partial charge is 0.299 e. The monoisotopic (exact) mass is 264 g/mol. The van der Waals surface area contributed by atoms with Crippen LogP contribution in [0.15, 0.2) is 0 Å². The average molecular weight is 264 g/mol. The van der Waals surface area contributed by atoms with Crippen molar-refractivity contribution in [1.29, 1.82) is 5.26 Å². The predicted octanol–water partition coefficient (Wildman–Crippen LogP) is 4.46. The SMILES string of the molecule is CCCC1CCC(C#N)C(N(CC)CC(C)CC)C1. The molecular weight excluding hydrogens is 232 g/mol. The minimum atomic E-state index is 0.261. The molecule has 0 aromatic heterocycles. The third-order valence-corrected chi connectivity index (χ3v) is 4.91. The van der Waals surface area contributed by atoms with Crippen LogP contribution in [0.3, 0.4) is 0 Å². The standard InChI is InChI=1S/C17H32N2/c1-5-8-15-9-10-16(12-18)17(11-15)19(7-3)13-14(4)6-2/h14-17H,5-11,13H2,1-4H3. The van der Waals surface area contributed by atoms with Crippen molar-refractivity contribution in [3.8, 4) is 6.07 Å². The van der Waals surface area contributed by atoms with E-state index in [1.807, 2.05) is 0 Å². The highest BCUT2D eigenvalue weighted by molar-refractivity contribution is 4.97. The van der Waals surface area contributed by atoms with Crippen molar-refractivity contribution in [3.05, 3.63) is 0 Å². The van der Waals surface area contributed by atoms with E-state index in [1.165, 1.54) is 32.1 Å². The lowest BCUT2D eigenvalue weighted by molar-refractivity contribution is 0.0893. The lowest BCUT2D eigenvalue weighted by Crippen LogP contribution is -2.45. The summed E-state index contributed by atoms with van der Waals surface area (Å²) < 4.78 is 0. The first kappa shape index (κ1) is 16.5. The molecular formula is C17H32N2. The van der Waals surface area contributed by atoms with Gasteiger partial charge in [-0.2, -0.15) is 5.26 Å². The van der Waals surface area contributed by atoms with Crippen LogP contribution in [-0.4, -0.2) is 24.0 Å². The molecule has 0 N–H and O–H groups in total. The number of nitriles is 1. The smallest absolute Gasteiger partial charge is 0.0672 e. The van der Waals surface area contributed by atoms with Crippen molar-refractivity contribution < 1.29 is 0 Å². The molecule has 0 aliphatic heterocycles. The molecule has 0 aromatic carbocycles. The Morgan fingerprint density at radius 2 is 2.00 bits per heavy atom. The predicted molar refractivity (Wildman–Crippen MR) is 81.8 cm³/mol. The van der Waals surface area contributed by atoms with Gasteiger partial charge in [0.05, 0.1) is 12.0 Å². The molecule has 2 nitrogen and oxygen atoms in total. The summed E-state index contributed by atoms with van der Waals surface area (Å²) in [5, 5.41) is 9.44. The van der Waals surface area contributed by atoms with Gasteiger partial charge in [0.25, 0.3) is 0 Å². The maximum atomic E-state index is 9.44. The van der Waals surface area contributed by atoms with E-state index < -0.39 is 0 Å². The molecule has 0 amide bonds. The Morgan fingerprint density at radius 3 is 2.53 bits per heavy atom. The van der Waals surface area contributed by atoms with E-state index in [2.05, 4.69) is 38.7 Å². The van der Waals surface area contributed by atoms with Crippen LogP contribution in [0.1, 0.15) is 66.2 Å². The molecule has 4 atom stereocenters. The lowest BCUT2D eigenvalue weighted by atomic mass is 9.76. The zero-order valence-electron chi connectivity index (χ0n) is 13.4. The van der Waals surface area contributed by atoms with E-state index in [0.29, 0.717) is 6.04 Å². The summed E-state index contributed by atoms with van der Waals surface area (Å²) in [6.07, 6.45) is 7.49. The number of nitrogens with zero attached hydrogens (tertiary/aromatic N) is 2. The Bertz CT molecular complexity index is 281. The molecule has 19 heavy (non-hydrogen) atoms. The van der Waals surface area contributed by atoms with Gasteiger partial charge in [-0.15, -0.1) is 0 Å². The fraction of sp³-hybridized carbons (Fsp3) is 0.941. The Labute approximate surface area is 120 Å². The second-order valence-corrected chi connectivity index (χ2v) is 6.37. The molecule has 0 spiro atoms. The summed E-state index contributed by atoms with van der Waals surface area (Å²) in [4.78, 5) is 2.59. The van der Waals surface area contributed by atoms with Crippen molar-refractivity contribution in [1.82, 2.24) is 4.90 Å². The molecule has 1 saturated carbocycles. The Kier molecular flexibility index (Phi) is 7.46. The summed E-state index contributed by atoms with van der Waals surface area (Å²) in [7, 11) is 0. The highest BCUT2D eigenvalue weighted by atomic mass is 15.2. The highest BCUT2D eigenvalue weighted by Gasteiger charge is 2.33. The van der Waals surface area contributed by atoms with Crippen molar-refractivity contribution in [2.45, 2.75) is 72.3 Å². The zero-order chi connectivity index (χ0) is 14.3. The third kappa shape index (κ3) is 4.80. The molecule has 1 rings (SSSR count). The first-order valence-electron chi connectivity index (χ1n) is 8.29. The molecule has 0 heterocycles. The summed E-state index contributed by atoms with van der Waals surface area (Å²) >= 11 is 0. The highest BCUT2D eigenvalue weighted by Crippen LogP contribution is 2.34. The molecule has 1 fully saturated rings. The molecule has 0 aromatic rings. The van der Waals surface area contributed by atoms with Gasteiger partial charge in [-0.3, -0.25) is 4.90 Å². The zero-order valence-corrected chi connectivity index (χ0v) is 13.4. The van der Waals surface area contributed by atoms with E-state index in [-0.39, 0.29) is 5.92 Å². The van der Waals surface area contributed by atoms with Crippen molar-refractivity contribution in [2.75, 3.05) is 13.1 Å². The van der Waals surface area contributed by atoms with Crippen LogP contribution in [0.2, 0.25) is 0 Å². The van der Waals surface area contributed by atoms with Crippen LogP contribution < -0.4 is 0 Å². The van der Waals surface area contributed by atoms with Crippen LogP contribution >= 0.6 is 0 Å². The van der Waals surface area contributed by atoms with Crippen molar-refractivity contribution >= 4 is 0 Å². The first-order chi connectivity index (χ1) is 9.15. The summed E-state index contributed by atoms with van der Waals surface area (Å²) in [6, 6.07) is 3.09. The minimum Gasteiger partial charge on any atom is -0.299 e. The topological polar surface area (TPSA) is 27.0 Å². The van der Waals surface area contributed by atoms with Gasteiger partial charge in [-0.25, -0.2) is 0 Å². The molecule has 4 unspecified atom stereocenters. The Hall–Kier alpha value is -0.550. The van der Waals surface area contributed by atoms with Crippen LogP contribution in [-0.2, 0) is 0 Å². The second kappa shape index (κ2) is 8.59.